The molecule has 4 aliphatic carbocycles. The van der Waals surface area contributed by atoms with Crippen LogP contribution in [0, 0.1) is 53.8 Å². The van der Waals surface area contributed by atoms with E-state index in [9.17, 15) is 0 Å². The van der Waals surface area contributed by atoms with Crippen LogP contribution in [0.15, 0.2) is 0 Å². The Morgan fingerprint density at radius 2 is 0.636 bits per heavy atom. The van der Waals surface area contributed by atoms with Crippen LogP contribution in [0.25, 0.3) is 5.32 Å². The van der Waals surface area contributed by atoms with Crippen LogP contribution in [0.5, 0.6) is 0 Å². The molecule has 8 N–H and O–H groups in total. The van der Waals surface area contributed by atoms with Gasteiger partial charge in [-0.2, -0.15) is 20.5 Å². The van der Waals surface area contributed by atoms with Crippen LogP contribution in [-0.2, 0) is 17.1 Å². The third kappa shape index (κ3) is 6.11. The van der Waals surface area contributed by atoms with Crippen LogP contribution >= 0.6 is 0 Å². The molecule has 5 heterocycles. The van der Waals surface area contributed by atoms with Gasteiger partial charge in [0.2, 0.25) is 0 Å². The third-order valence-corrected chi connectivity index (χ3v) is 13.6. The SMILES string of the molecule is C[N-]C.[CH-]1CCCC2C3NC(NC4NC(NC5NC(NC6NC(N3)C3CCCCC63)C3CCCCC53)C3CCCCC43)C12.[Cu+2]. The van der Waals surface area contributed by atoms with Gasteiger partial charge in [-0.1, -0.05) is 51.4 Å². The molecule has 5 saturated heterocycles. The third-order valence-electron chi connectivity index (χ3n) is 13.6. The second-order valence-electron chi connectivity index (χ2n) is 15.8. The molecular formula is C34H61CuN9. The largest absolute Gasteiger partial charge is 2.00 e. The molecule has 0 aromatic carbocycles. The van der Waals surface area contributed by atoms with E-state index >= 15 is 0 Å². The first-order chi connectivity index (χ1) is 21.2. The Balaban J connectivity index is 0.000000753. The van der Waals surface area contributed by atoms with E-state index in [-0.39, 0.29) is 17.1 Å². The Labute approximate surface area is 277 Å². The molecule has 4 saturated carbocycles. The molecule has 44 heavy (non-hydrogen) atoms. The van der Waals surface area contributed by atoms with Crippen molar-refractivity contribution in [2.75, 3.05) is 14.1 Å². The average molecular weight is 659 g/mol. The first-order valence-electron chi connectivity index (χ1n) is 18.6. The molecule has 16 unspecified atom stereocenters. The Bertz CT molecular complexity index is 734. The Morgan fingerprint density at radius 3 is 0.955 bits per heavy atom. The van der Waals surface area contributed by atoms with Crippen molar-refractivity contribution in [1.82, 2.24) is 42.5 Å². The second kappa shape index (κ2) is 14.3. The zero-order valence-corrected chi connectivity index (χ0v) is 28.1. The zero-order chi connectivity index (χ0) is 28.9. The van der Waals surface area contributed by atoms with Crippen LogP contribution in [-0.4, -0.2) is 63.4 Å². The minimum Gasteiger partial charge on any atom is -0.668 e. The minimum absolute atomic E-state index is 0. The maximum absolute atomic E-state index is 4.25. The first-order valence-corrected chi connectivity index (χ1v) is 18.6. The number of hydrogen-bond acceptors (Lipinski definition) is 8. The fourth-order valence-electron chi connectivity index (χ4n) is 11.7. The minimum atomic E-state index is 0. The van der Waals surface area contributed by atoms with Crippen LogP contribution < -0.4 is 42.5 Å². The van der Waals surface area contributed by atoms with Crippen LogP contribution in [0.1, 0.15) is 96.3 Å². The molecule has 0 aromatic rings. The summed E-state index contributed by atoms with van der Waals surface area (Å²) in [6.45, 7) is 0. The summed E-state index contributed by atoms with van der Waals surface area (Å²) in [5.41, 5.74) is 0. The summed E-state index contributed by atoms with van der Waals surface area (Å²) < 4.78 is 0. The molecular weight excluding hydrogens is 598 g/mol. The van der Waals surface area contributed by atoms with Crippen molar-refractivity contribution in [3.05, 3.63) is 11.7 Å². The van der Waals surface area contributed by atoms with E-state index in [4.69, 9.17) is 0 Å². The molecule has 16 atom stereocenters. The molecule has 9 fully saturated rings. The maximum Gasteiger partial charge on any atom is 2.00 e. The van der Waals surface area contributed by atoms with Gasteiger partial charge in [0.25, 0.3) is 0 Å². The van der Waals surface area contributed by atoms with Crippen LogP contribution in [0.4, 0.5) is 0 Å². The van der Waals surface area contributed by atoms with E-state index in [0.29, 0.717) is 61.2 Å². The molecule has 9 nitrogen and oxygen atoms in total. The summed E-state index contributed by atoms with van der Waals surface area (Å²) in [5, 5.41) is 37.2. The van der Waals surface area contributed by atoms with E-state index in [1.807, 2.05) is 0 Å². The normalized spacial score (nSPS) is 52.8. The maximum atomic E-state index is 4.25. The smallest absolute Gasteiger partial charge is 0.668 e. The van der Waals surface area contributed by atoms with Crippen LogP contribution in [0.3, 0.4) is 0 Å². The number of nitrogens with one attached hydrogen (secondary N) is 8. The van der Waals surface area contributed by atoms with Gasteiger partial charge in [-0.05, 0) is 80.0 Å². The van der Waals surface area contributed by atoms with Gasteiger partial charge in [-0.3, -0.25) is 42.5 Å². The summed E-state index contributed by atoms with van der Waals surface area (Å²) in [7, 11) is 3.50. The first kappa shape index (κ1) is 32.7. The Hall–Kier alpha value is 0.159. The molecule has 9 rings (SSSR count). The van der Waals surface area contributed by atoms with Crippen molar-refractivity contribution < 1.29 is 17.1 Å². The second-order valence-corrected chi connectivity index (χ2v) is 15.8. The zero-order valence-electron chi connectivity index (χ0n) is 27.2. The number of hydrogen-bond donors (Lipinski definition) is 8. The predicted octanol–water partition coefficient (Wildman–Crippen LogP) is 3.04. The van der Waals surface area contributed by atoms with Gasteiger partial charge >= 0.3 is 17.1 Å². The van der Waals surface area contributed by atoms with Crippen LogP contribution in [0.2, 0.25) is 0 Å². The molecule has 253 valence electrons. The molecule has 0 amide bonds. The standard InChI is InChI=1S/C32H55N8.C2H6N.Cu/c1-2-10-18-17(9-1)25-33-26(18)38-28-21-13-5-6-14-22(21)30(35-28)40-32-24-16-8-7-15-23(24)31(36-32)39-29-20-12-4-3-11-19(20)27(34-29)37-25;1-3-2;/h9,17-40H,1-8,10-16H2;1-2H3;/q2*-1;+2. The molecule has 1 radical (unpaired) electrons. The van der Waals surface area contributed by atoms with Crippen molar-refractivity contribution in [3.8, 4) is 0 Å². The van der Waals surface area contributed by atoms with Gasteiger partial charge in [0.05, 0.1) is 43.2 Å². The summed E-state index contributed by atoms with van der Waals surface area (Å²) in [6.07, 6.45) is 26.4. The summed E-state index contributed by atoms with van der Waals surface area (Å²) in [4.78, 5) is 0. The summed E-state index contributed by atoms with van der Waals surface area (Å²) in [6, 6.07) is 0. The fourth-order valence-corrected chi connectivity index (χ4v) is 11.7. The van der Waals surface area contributed by atoms with Gasteiger partial charge in [0.1, 0.15) is 0 Å². The van der Waals surface area contributed by atoms with Crippen molar-refractivity contribution in [2.24, 2.45) is 47.3 Å². The molecule has 9 aliphatic rings. The molecule has 10 heteroatoms. The summed E-state index contributed by atoms with van der Waals surface area (Å²) >= 11 is 0. The van der Waals surface area contributed by atoms with E-state index in [0.717, 1.165) is 35.5 Å². The van der Waals surface area contributed by atoms with E-state index < -0.39 is 0 Å². The van der Waals surface area contributed by atoms with E-state index in [2.05, 4.69) is 54.3 Å². The average Bonchev–Trinajstić information content (AvgIpc) is 3.77. The Morgan fingerprint density at radius 1 is 0.386 bits per heavy atom. The Kier molecular flexibility index (Phi) is 10.6. The van der Waals surface area contributed by atoms with Crippen molar-refractivity contribution in [1.29, 1.82) is 0 Å². The van der Waals surface area contributed by atoms with Gasteiger partial charge in [0, 0.05) is 6.17 Å². The number of nitrogens with zero attached hydrogens (tertiary/aromatic N) is 1. The van der Waals surface area contributed by atoms with Crippen molar-refractivity contribution >= 4 is 0 Å². The van der Waals surface area contributed by atoms with E-state index in [1.165, 1.54) is 96.3 Å². The molecule has 8 bridgehead atoms. The monoisotopic (exact) mass is 658 g/mol. The topological polar surface area (TPSA) is 110 Å². The van der Waals surface area contributed by atoms with Crippen molar-refractivity contribution in [3.63, 3.8) is 0 Å². The van der Waals surface area contributed by atoms with Gasteiger partial charge in [0.15, 0.2) is 0 Å². The number of rotatable bonds is 0. The predicted molar refractivity (Wildman–Crippen MR) is 172 cm³/mol. The number of fused-ring (bicyclic) bond motifs is 20. The molecule has 0 spiro atoms. The fraction of sp³-hybridized carbons (Fsp3) is 0.971. The van der Waals surface area contributed by atoms with Gasteiger partial charge in [-0.15, -0.1) is 5.92 Å². The van der Waals surface area contributed by atoms with Gasteiger partial charge in [-0.25, -0.2) is 0 Å². The molecule has 0 aromatic heterocycles. The van der Waals surface area contributed by atoms with Crippen molar-refractivity contribution in [2.45, 2.75) is 146 Å². The van der Waals surface area contributed by atoms with Gasteiger partial charge < -0.3 is 11.7 Å². The van der Waals surface area contributed by atoms with E-state index in [1.54, 1.807) is 14.1 Å². The quantitative estimate of drug-likeness (QED) is 0.148. The summed E-state index contributed by atoms with van der Waals surface area (Å²) in [5.74, 6) is 5.74. The molecule has 5 aliphatic heterocycles.